The lowest BCUT2D eigenvalue weighted by Gasteiger charge is -2.17. The Bertz CT molecular complexity index is 928. The average Bonchev–Trinajstić information content (AvgIpc) is 3.35. The second-order valence-electron chi connectivity index (χ2n) is 7.33. The van der Waals surface area contributed by atoms with Crippen molar-refractivity contribution in [2.24, 2.45) is 11.7 Å². The van der Waals surface area contributed by atoms with Gasteiger partial charge in [-0.3, -0.25) is 4.79 Å². The lowest BCUT2D eigenvalue weighted by molar-refractivity contribution is -0.133. The number of halogens is 5. The highest BCUT2D eigenvalue weighted by Crippen LogP contribution is 2.53. The molecule has 2 fully saturated rings. The van der Waals surface area contributed by atoms with E-state index >= 15 is 0 Å². The van der Waals surface area contributed by atoms with Crippen LogP contribution in [0.1, 0.15) is 17.9 Å². The van der Waals surface area contributed by atoms with Gasteiger partial charge >= 0.3 is 0 Å². The van der Waals surface area contributed by atoms with E-state index < -0.39 is 53.7 Å². The van der Waals surface area contributed by atoms with Crippen LogP contribution in [-0.4, -0.2) is 35.9 Å². The van der Waals surface area contributed by atoms with Gasteiger partial charge < -0.3 is 10.6 Å². The van der Waals surface area contributed by atoms with E-state index in [0.29, 0.717) is 0 Å². The summed E-state index contributed by atoms with van der Waals surface area (Å²) in [5.74, 6) is -7.44. The molecule has 2 aliphatic rings. The first kappa shape index (κ1) is 18.9. The Morgan fingerprint density at radius 1 is 1.04 bits per heavy atom. The first-order valence-corrected chi connectivity index (χ1v) is 8.85. The Morgan fingerprint density at radius 2 is 1.64 bits per heavy atom. The molecule has 28 heavy (non-hydrogen) atoms. The Balaban J connectivity index is 1.65. The van der Waals surface area contributed by atoms with Gasteiger partial charge in [0.05, 0.1) is 18.2 Å². The number of rotatable bonds is 3. The van der Waals surface area contributed by atoms with Gasteiger partial charge in [0.15, 0.2) is 0 Å². The summed E-state index contributed by atoms with van der Waals surface area (Å²) in [6, 6.07) is 5.77. The van der Waals surface area contributed by atoms with Crippen molar-refractivity contribution in [3.63, 3.8) is 0 Å². The fourth-order valence-corrected chi connectivity index (χ4v) is 3.88. The fourth-order valence-electron chi connectivity index (χ4n) is 3.88. The molecule has 2 aromatic rings. The van der Waals surface area contributed by atoms with Gasteiger partial charge in [-0.15, -0.1) is 0 Å². The molecule has 1 aliphatic heterocycles. The number of hydrogen-bond donors (Lipinski definition) is 1. The van der Waals surface area contributed by atoms with Crippen LogP contribution in [0.5, 0.6) is 0 Å². The summed E-state index contributed by atoms with van der Waals surface area (Å²) in [5.41, 5.74) is 5.06. The summed E-state index contributed by atoms with van der Waals surface area (Å²) in [6.07, 6.45) is 0.222. The van der Waals surface area contributed by atoms with E-state index in [1.807, 2.05) is 0 Å². The first-order chi connectivity index (χ1) is 13.2. The summed E-state index contributed by atoms with van der Waals surface area (Å²) >= 11 is 0. The molecule has 0 radical (unpaired) electrons. The van der Waals surface area contributed by atoms with Crippen LogP contribution >= 0.6 is 0 Å². The van der Waals surface area contributed by atoms with Crippen LogP contribution in [-0.2, 0) is 4.79 Å². The molecular formula is C20H17F5N2O. The van der Waals surface area contributed by atoms with Gasteiger partial charge in [0.2, 0.25) is 5.91 Å². The van der Waals surface area contributed by atoms with E-state index in [0.717, 1.165) is 23.1 Å². The number of benzene rings is 2. The van der Waals surface area contributed by atoms with Crippen LogP contribution in [0.2, 0.25) is 0 Å². The minimum absolute atomic E-state index is 0.0272. The van der Waals surface area contributed by atoms with Gasteiger partial charge in [-0.05, 0) is 41.7 Å². The molecule has 1 aliphatic carbocycles. The van der Waals surface area contributed by atoms with Gasteiger partial charge in [0.1, 0.15) is 17.5 Å². The highest BCUT2D eigenvalue weighted by atomic mass is 19.3. The zero-order chi connectivity index (χ0) is 20.2. The number of nitrogens with two attached hydrogens (primary N) is 1. The largest absolute Gasteiger partial charge is 0.335 e. The van der Waals surface area contributed by atoms with Gasteiger partial charge in [0.25, 0.3) is 5.92 Å². The second-order valence-corrected chi connectivity index (χ2v) is 7.33. The number of amides is 1. The molecule has 1 saturated heterocycles. The van der Waals surface area contributed by atoms with Crippen LogP contribution < -0.4 is 5.73 Å². The third-order valence-electron chi connectivity index (χ3n) is 5.44. The third-order valence-corrected chi connectivity index (χ3v) is 5.44. The van der Waals surface area contributed by atoms with E-state index in [1.54, 1.807) is 0 Å². The molecule has 1 saturated carbocycles. The lowest BCUT2D eigenvalue weighted by Crippen LogP contribution is -2.38. The SMILES string of the molecule is NC1CN(C(=O)C2CC2c2c(F)cccc2-c2c(F)cccc2F)CC1(F)F. The van der Waals surface area contributed by atoms with Crippen molar-refractivity contribution in [2.75, 3.05) is 13.1 Å². The van der Waals surface area contributed by atoms with Crippen LogP contribution in [0.15, 0.2) is 36.4 Å². The van der Waals surface area contributed by atoms with Crippen molar-refractivity contribution in [1.29, 1.82) is 0 Å². The molecule has 2 aromatic carbocycles. The molecule has 4 rings (SSSR count). The van der Waals surface area contributed by atoms with E-state index in [2.05, 4.69) is 0 Å². The van der Waals surface area contributed by atoms with Crippen molar-refractivity contribution < 1.29 is 26.7 Å². The number of hydrogen-bond acceptors (Lipinski definition) is 2. The van der Waals surface area contributed by atoms with E-state index in [9.17, 15) is 26.7 Å². The lowest BCUT2D eigenvalue weighted by atomic mass is 9.94. The number of alkyl halides is 2. The highest BCUT2D eigenvalue weighted by molar-refractivity contribution is 5.85. The Morgan fingerprint density at radius 3 is 2.25 bits per heavy atom. The molecule has 0 bridgehead atoms. The molecule has 0 spiro atoms. The second kappa shape index (κ2) is 6.55. The summed E-state index contributed by atoms with van der Waals surface area (Å²) in [6.45, 7) is -1.05. The van der Waals surface area contributed by atoms with Crippen molar-refractivity contribution in [1.82, 2.24) is 4.90 Å². The maximum Gasteiger partial charge on any atom is 0.281 e. The van der Waals surface area contributed by atoms with Gasteiger partial charge in [-0.1, -0.05) is 18.2 Å². The van der Waals surface area contributed by atoms with E-state index in [1.165, 1.54) is 18.2 Å². The predicted octanol–water partition coefficient (Wildman–Crippen LogP) is 3.68. The zero-order valence-corrected chi connectivity index (χ0v) is 14.6. The zero-order valence-electron chi connectivity index (χ0n) is 14.6. The quantitative estimate of drug-likeness (QED) is 0.805. The molecule has 3 atom stereocenters. The summed E-state index contributed by atoms with van der Waals surface area (Å²) in [7, 11) is 0. The van der Waals surface area contributed by atoms with Crippen LogP contribution in [0.3, 0.4) is 0 Å². The summed E-state index contributed by atoms with van der Waals surface area (Å²) in [4.78, 5) is 13.6. The third kappa shape index (κ3) is 3.05. The molecular weight excluding hydrogens is 379 g/mol. The van der Waals surface area contributed by atoms with Crippen molar-refractivity contribution >= 4 is 5.91 Å². The van der Waals surface area contributed by atoms with Gasteiger partial charge in [-0.2, -0.15) is 0 Å². The normalized spacial score (nSPS) is 25.8. The van der Waals surface area contributed by atoms with E-state index in [4.69, 9.17) is 5.73 Å². The van der Waals surface area contributed by atoms with Gasteiger partial charge in [0, 0.05) is 12.5 Å². The smallest absolute Gasteiger partial charge is 0.281 e. The maximum absolute atomic E-state index is 14.6. The minimum atomic E-state index is -3.17. The average molecular weight is 396 g/mol. The molecule has 3 unspecified atom stereocenters. The van der Waals surface area contributed by atoms with Crippen molar-refractivity contribution in [3.8, 4) is 11.1 Å². The van der Waals surface area contributed by atoms with Crippen molar-refractivity contribution in [3.05, 3.63) is 59.4 Å². The van der Waals surface area contributed by atoms with Gasteiger partial charge in [-0.25, -0.2) is 22.0 Å². The topological polar surface area (TPSA) is 46.3 Å². The number of carbonyl (C=O) groups is 1. The molecule has 0 aromatic heterocycles. The fraction of sp³-hybridized carbons (Fsp3) is 0.350. The van der Waals surface area contributed by atoms with Crippen LogP contribution in [0.4, 0.5) is 22.0 Å². The molecule has 8 heteroatoms. The molecule has 2 N–H and O–H groups in total. The van der Waals surface area contributed by atoms with E-state index in [-0.39, 0.29) is 29.7 Å². The van der Waals surface area contributed by atoms with Crippen LogP contribution in [0, 0.1) is 23.4 Å². The highest BCUT2D eigenvalue weighted by Gasteiger charge is 2.53. The number of carbonyl (C=O) groups excluding carboxylic acids is 1. The summed E-state index contributed by atoms with van der Waals surface area (Å²) in [5, 5.41) is 0. The Hall–Kier alpha value is -2.48. The predicted molar refractivity (Wildman–Crippen MR) is 92.1 cm³/mol. The van der Waals surface area contributed by atoms with Crippen LogP contribution in [0.25, 0.3) is 11.1 Å². The number of nitrogens with zero attached hydrogens (tertiary/aromatic N) is 1. The maximum atomic E-state index is 14.6. The van der Waals surface area contributed by atoms with Crippen molar-refractivity contribution in [2.45, 2.75) is 24.3 Å². The molecule has 3 nitrogen and oxygen atoms in total. The molecule has 1 amide bonds. The first-order valence-electron chi connectivity index (χ1n) is 8.85. The minimum Gasteiger partial charge on any atom is -0.335 e. The monoisotopic (exact) mass is 396 g/mol. The molecule has 1 heterocycles. The summed E-state index contributed by atoms with van der Waals surface area (Å²) < 4.78 is 70.3. The Labute approximate surface area is 157 Å². The number of likely N-dealkylation sites (tertiary alicyclic amines) is 1. The molecule has 148 valence electrons. The standard InChI is InChI=1S/C20H17F5N2O/c21-13-4-1-3-10(18-14(22)5-2-6-15(18)23)17(13)11-7-12(11)19(28)27-8-16(26)20(24,25)9-27/h1-6,11-12,16H,7-9,26H2. The Kier molecular flexibility index (Phi) is 4.41.